The highest BCUT2D eigenvalue weighted by molar-refractivity contribution is 7.89. The van der Waals surface area contributed by atoms with Gasteiger partial charge in [0.2, 0.25) is 10.0 Å². The Labute approximate surface area is 172 Å². The highest BCUT2D eigenvalue weighted by Gasteiger charge is 2.38. The van der Waals surface area contributed by atoms with Crippen LogP contribution < -0.4 is 0 Å². The lowest BCUT2D eigenvalue weighted by molar-refractivity contribution is -0.139. The van der Waals surface area contributed by atoms with E-state index in [2.05, 4.69) is 0 Å². The quantitative estimate of drug-likeness (QED) is 0.555. The minimum atomic E-state index is -4.81. The highest BCUT2D eigenvalue weighted by Crippen LogP contribution is 2.35. The number of hydrogen-bond acceptors (Lipinski definition) is 3. The van der Waals surface area contributed by atoms with Crippen molar-refractivity contribution in [1.82, 2.24) is 4.31 Å². The van der Waals surface area contributed by atoms with Crippen molar-refractivity contribution >= 4 is 10.0 Å². The number of hydrogen-bond donors (Lipinski definition) is 0. The van der Waals surface area contributed by atoms with Gasteiger partial charge in [0.1, 0.15) is 0 Å². The maximum atomic E-state index is 13.5. The molecule has 0 fully saturated rings. The first-order chi connectivity index (χ1) is 14.2. The molecule has 0 saturated heterocycles. The zero-order chi connectivity index (χ0) is 21.8. The fourth-order valence-electron chi connectivity index (χ4n) is 2.97. The molecule has 30 heavy (non-hydrogen) atoms. The molecule has 0 N–H and O–H groups in total. The number of nitrogens with zero attached hydrogens (tertiary/aromatic N) is 2. The SMILES string of the molecule is N#Cc1ccc(CN(Cc2ccccc2)S(=O)(=O)c2ccccc2C(F)(F)F)cc1. The smallest absolute Gasteiger partial charge is 0.207 e. The predicted octanol–water partition coefficient (Wildman–Crippen LogP) is 4.97. The van der Waals surface area contributed by atoms with E-state index in [9.17, 15) is 21.6 Å². The molecule has 0 atom stereocenters. The third-order valence-electron chi connectivity index (χ3n) is 4.45. The molecule has 3 rings (SSSR count). The molecule has 3 aromatic rings. The topological polar surface area (TPSA) is 61.2 Å². The van der Waals surface area contributed by atoms with E-state index in [-0.39, 0.29) is 13.1 Å². The normalized spacial score (nSPS) is 12.0. The van der Waals surface area contributed by atoms with E-state index in [4.69, 9.17) is 5.26 Å². The summed E-state index contributed by atoms with van der Waals surface area (Å²) in [6.07, 6.45) is -4.81. The fraction of sp³-hybridized carbons (Fsp3) is 0.136. The van der Waals surface area contributed by atoms with Crippen LogP contribution in [0, 0.1) is 11.3 Å². The van der Waals surface area contributed by atoms with E-state index < -0.39 is 26.7 Å². The first kappa shape index (κ1) is 21.6. The van der Waals surface area contributed by atoms with Gasteiger partial charge in [0.25, 0.3) is 0 Å². The lowest BCUT2D eigenvalue weighted by Gasteiger charge is -2.24. The summed E-state index contributed by atoms with van der Waals surface area (Å²) in [5, 5.41) is 8.93. The number of sulfonamides is 1. The molecule has 4 nitrogen and oxygen atoms in total. The van der Waals surface area contributed by atoms with Crippen LogP contribution >= 0.6 is 0 Å². The average molecular weight is 430 g/mol. The molecule has 0 radical (unpaired) electrons. The zero-order valence-electron chi connectivity index (χ0n) is 15.7. The summed E-state index contributed by atoms with van der Waals surface area (Å²) >= 11 is 0. The monoisotopic (exact) mass is 430 g/mol. The maximum absolute atomic E-state index is 13.5. The molecule has 0 aliphatic heterocycles. The third kappa shape index (κ3) is 4.87. The Kier molecular flexibility index (Phi) is 6.25. The summed E-state index contributed by atoms with van der Waals surface area (Å²) in [5.74, 6) is 0. The molecule has 0 aliphatic rings. The molecule has 0 saturated carbocycles. The maximum Gasteiger partial charge on any atom is 0.417 e. The van der Waals surface area contributed by atoms with Crippen LogP contribution in [0.1, 0.15) is 22.3 Å². The molecule has 3 aromatic carbocycles. The van der Waals surface area contributed by atoms with Gasteiger partial charge in [0, 0.05) is 13.1 Å². The van der Waals surface area contributed by atoms with Gasteiger partial charge in [-0.2, -0.15) is 22.7 Å². The van der Waals surface area contributed by atoms with Crippen LogP contribution in [0.5, 0.6) is 0 Å². The Morgan fingerprint density at radius 3 is 1.90 bits per heavy atom. The van der Waals surface area contributed by atoms with Crippen molar-refractivity contribution in [1.29, 1.82) is 5.26 Å². The van der Waals surface area contributed by atoms with E-state index in [1.807, 2.05) is 6.07 Å². The first-order valence-electron chi connectivity index (χ1n) is 8.91. The summed E-state index contributed by atoms with van der Waals surface area (Å²) < 4.78 is 68.0. The van der Waals surface area contributed by atoms with Crippen molar-refractivity contribution in [2.24, 2.45) is 0 Å². The van der Waals surface area contributed by atoms with Crippen LogP contribution in [0.25, 0.3) is 0 Å². The zero-order valence-corrected chi connectivity index (χ0v) is 16.5. The van der Waals surface area contributed by atoms with Crippen molar-refractivity contribution in [2.45, 2.75) is 24.2 Å². The molecule has 154 valence electrons. The predicted molar refractivity (Wildman–Crippen MR) is 105 cm³/mol. The van der Waals surface area contributed by atoms with Gasteiger partial charge < -0.3 is 0 Å². The van der Waals surface area contributed by atoms with Crippen LogP contribution in [0.3, 0.4) is 0 Å². The van der Waals surface area contributed by atoms with Crippen molar-refractivity contribution in [2.75, 3.05) is 0 Å². The number of nitriles is 1. The molecule has 0 spiro atoms. The minimum Gasteiger partial charge on any atom is -0.207 e. The fourth-order valence-corrected chi connectivity index (χ4v) is 4.59. The largest absolute Gasteiger partial charge is 0.417 e. The molecular formula is C22H17F3N2O2S. The Bertz CT molecular complexity index is 1150. The van der Waals surface area contributed by atoms with Crippen LogP contribution in [0.15, 0.2) is 83.8 Å². The van der Waals surface area contributed by atoms with Crippen LogP contribution in [-0.4, -0.2) is 12.7 Å². The number of rotatable bonds is 6. The van der Waals surface area contributed by atoms with Crippen LogP contribution in [-0.2, 0) is 29.3 Å². The van der Waals surface area contributed by atoms with Crippen molar-refractivity contribution in [3.05, 3.63) is 101 Å². The molecule has 0 aromatic heterocycles. The van der Waals surface area contributed by atoms with Gasteiger partial charge in [-0.25, -0.2) is 8.42 Å². The molecule has 8 heteroatoms. The van der Waals surface area contributed by atoms with Crippen molar-refractivity contribution in [3.8, 4) is 6.07 Å². The van der Waals surface area contributed by atoms with Gasteiger partial charge in [0.15, 0.2) is 0 Å². The Balaban J connectivity index is 2.05. The minimum absolute atomic E-state index is 0.102. The second-order valence-corrected chi connectivity index (χ2v) is 8.47. The molecule has 0 aliphatic carbocycles. The number of benzene rings is 3. The van der Waals surface area contributed by atoms with Gasteiger partial charge in [-0.3, -0.25) is 0 Å². The Hall–Kier alpha value is -3.15. The average Bonchev–Trinajstić information content (AvgIpc) is 2.74. The number of alkyl halides is 3. The molecule has 0 bridgehead atoms. The summed E-state index contributed by atoms with van der Waals surface area (Å²) in [5.41, 5.74) is 0.388. The summed E-state index contributed by atoms with van der Waals surface area (Å²) in [4.78, 5) is -0.790. The summed E-state index contributed by atoms with van der Waals surface area (Å²) in [7, 11) is -4.48. The lowest BCUT2D eigenvalue weighted by Crippen LogP contribution is -2.31. The van der Waals surface area contributed by atoms with E-state index in [1.165, 1.54) is 18.2 Å². The van der Waals surface area contributed by atoms with Gasteiger partial charge in [-0.15, -0.1) is 0 Å². The second kappa shape index (κ2) is 8.69. The third-order valence-corrected chi connectivity index (χ3v) is 6.30. The van der Waals surface area contributed by atoms with Crippen molar-refractivity contribution in [3.63, 3.8) is 0 Å². The summed E-state index contributed by atoms with van der Waals surface area (Å²) in [6, 6.07) is 21.0. The van der Waals surface area contributed by atoms with E-state index in [1.54, 1.807) is 42.5 Å². The Morgan fingerprint density at radius 1 is 0.800 bits per heavy atom. The van der Waals surface area contributed by atoms with Gasteiger partial charge in [0.05, 0.1) is 22.1 Å². The molecule has 0 amide bonds. The molecule has 0 unspecified atom stereocenters. The Morgan fingerprint density at radius 2 is 1.33 bits per heavy atom. The second-order valence-electron chi connectivity index (χ2n) is 6.56. The molecular weight excluding hydrogens is 413 g/mol. The van der Waals surface area contributed by atoms with Crippen LogP contribution in [0.2, 0.25) is 0 Å². The van der Waals surface area contributed by atoms with E-state index >= 15 is 0 Å². The standard InChI is InChI=1S/C22H17F3N2O2S/c23-22(24,25)20-8-4-5-9-21(20)30(28,29)27(15-18-6-2-1-3-7-18)16-19-12-10-17(14-26)11-13-19/h1-13H,15-16H2. The van der Waals surface area contributed by atoms with E-state index in [0.717, 1.165) is 22.5 Å². The highest BCUT2D eigenvalue weighted by atomic mass is 32.2. The lowest BCUT2D eigenvalue weighted by atomic mass is 10.1. The molecule has 0 heterocycles. The van der Waals surface area contributed by atoms with Gasteiger partial charge >= 0.3 is 6.18 Å². The summed E-state index contributed by atoms with van der Waals surface area (Å²) in [6.45, 7) is -0.246. The first-order valence-corrected chi connectivity index (χ1v) is 10.3. The van der Waals surface area contributed by atoms with Gasteiger partial charge in [-0.05, 0) is 35.4 Å². The number of halogens is 3. The van der Waals surface area contributed by atoms with E-state index in [0.29, 0.717) is 16.7 Å². The van der Waals surface area contributed by atoms with Gasteiger partial charge in [-0.1, -0.05) is 54.6 Å². The van der Waals surface area contributed by atoms with Crippen molar-refractivity contribution < 1.29 is 21.6 Å². The van der Waals surface area contributed by atoms with Crippen LogP contribution in [0.4, 0.5) is 13.2 Å².